The van der Waals surface area contributed by atoms with Gasteiger partial charge in [-0.3, -0.25) is 4.79 Å². The Morgan fingerprint density at radius 2 is 1.88 bits per heavy atom. The van der Waals surface area contributed by atoms with Crippen LogP contribution in [0.2, 0.25) is 0 Å². The number of hydrogen-bond acceptors (Lipinski definition) is 4. The van der Waals surface area contributed by atoms with Crippen molar-refractivity contribution in [3.8, 4) is 10.6 Å². The largest absolute Gasteiger partial charge is 0.480 e. The monoisotopic (exact) mass is 362 g/mol. The quantitative estimate of drug-likeness (QED) is 0.854. The minimum absolute atomic E-state index is 0.0344. The van der Waals surface area contributed by atoms with Crippen LogP contribution in [0.15, 0.2) is 29.6 Å². The van der Waals surface area contributed by atoms with Crippen molar-refractivity contribution in [1.29, 1.82) is 0 Å². The van der Waals surface area contributed by atoms with Gasteiger partial charge in [-0.2, -0.15) is 0 Å². The topological polar surface area (TPSA) is 79.3 Å². The van der Waals surface area contributed by atoms with Gasteiger partial charge < -0.3 is 10.4 Å². The minimum Gasteiger partial charge on any atom is -0.480 e. The number of rotatable bonds is 5. The van der Waals surface area contributed by atoms with Gasteiger partial charge in [0.1, 0.15) is 16.4 Å². The normalized spacial score (nSPS) is 16.4. The van der Waals surface area contributed by atoms with E-state index in [9.17, 15) is 19.1 Å². The van der Waals surface area contributed by atoms with Gasteiger partial charge in [-0.1, -0.05) is 19.3 Å². The predicted molar refractivity (Wildman–Crippen MR) is 92.8 cm³/mol. The van der Waals surface area contributed by atoms with Gasteiger partial charge in [-0.15, -0.1) is 11.3 Å². The molecule has 1 aromatic heterocycles. The molecule has 7 heteroatoms. The lowest BCUT2D eigenvalue weighted by molar-refractivity contribution is -0.149. The number of carbonyl (C=O) groups excluding carboxylic acids is 1. The van der Waals surface area contributed by atoms with Crippen LogP contribution in [-0.4, -0.2) is 27.5 Å². The first-order valence-corrected chi connectivity index (χ1v) is 9.11. The van der Waals surface area contributed by atoms with Gasteiger partial charge in [0.25, 0.3) is 0 Å². The second-order valence-corrected chi connectivity index (χ2v) is 7.18. The Morgan fingerprint density at radius 3 is 2.52 bits per heavy atom. The van der Waals surface area contributed by atoms with Crippen LogP contribution in [0.4, 0.5) is 4.39 Å². The highest BCUT2D eigenvalue weighted by molar-refractivity contribution is 7.13. The molecule has 132 valence electrons. The number of benzene rings is 1. The van der Waals surface area contributed by atoms with E-state index < -0.39 is 11.5 Å². The number of halogens is 1. The highest BCUT2D eigenvalue weighted by Gasteiger charge is 2.40. The SMILES string of the molecule is O=C(Cc1csc(-c2ccc(F)cc2)n1)NC1(C(=O)O)CCCCC1. The van der Waals surface area contributed by atoms with Crippen LogP contribution in [0.5, 0.6) is 0 Å². The number of amides is 1. The number of hydrogen-bond donors (Lipinski definition) is 2. The standard InChI is InChI=1S/C18H19FN2O3S/c19-13-6-4-12(5-7-13)16-20-14(11-25-16)10-15(22)21-18(17(23)24)8-2-1-3-9-18/h4-7,11H,1-3,8-10H2,(H,21,22)(H,23,24). The Labute approximate surface area is 148 Å². The van der Waals surface area contributed by atoms with Crippen molar-refractivity contribution >= 4 is 23.2 Å². The first-order chi connectivity index (χ1) is 12.0. The van der Waals surface area contributed by atoms with E-state index in [4.69, 9.17) is 0 Å². The number of carbonyl (C=O) groups is 2. The van der Waals surface area contributed by atoms with Gasteiger partial charge in [0.15, 0.2) is 0 Å². The van der Waals surface area contributed by atoms with E-state index in [0.717, 1.165) is 24.8 Å². The molecule has 1 aliphatic rings. The summed E-state index contributed by atoms with van der Waals surface area (Å²) in [5.74, 6) is -1.61. The first kappa shape index (κ1) is 17.5. The van der Waals surface area contributed by atoms with Crippen molar-refractivity contribution in [2.75, 3.05) is 0 Å². The van der Waals surface area contributed by atoms with E-state index in [1.807, 2.05) is 0 Å². The fourth-order valence-electron chi connectivity index (χ4n) is 3.14. The van der Waals surface area contributed by atoms with Gasteiger partial charge >= 0.3 is 5.97 Å². The van der Waals surface area contributed by atoms with Crippen LogP contribution in [0, 0.1) is 5.82 Å². The van der Waals surface area contributed by atoms with E-state index in [0.29, 0.717) is 23.5 Å². The number of nitrogens with zero attached hydrogens (tertiary/aromatic N) is 1. The van der Waals surface area contributed by atoms with Gasteiger partial charge in [0.2, 0.25) is 5.91 Å². The van der Waals surface area contributed by atoms with Crippen molar-refractivity contribution in [3.63, 3.8) is 0 Å². The highest BCUT2D eigenvalue weighted by atomic mass is 32.1. The number of aromatic nitrogens is 1. The van der Waals surface area contributed by atoms with Gasteiger partial charge in [-0.25, -0.2) is 14.2 Å². The average Bonchev–Trinajstić information content (AvgIpc) is 3.04. The molecule has 3 rings (SSSR count). The fraction of sp³-hybridized carbons (Fsp3) is 0.389. The molecular formula is C18H19FN2O3S. The number of nitrogens with one attached hydrogen (secondary N) is 1. The number of thiazole rings is 1. The Balaban J connectivity index is 1.67. The zero-order valence-corrected chi connectivity index (χ0v) is 14.4. The molecule has 1 heterocycles. The fourth-order valence-corrected chi connectivity index (χ4v) is 3.96. The summed E-state index contributed by atoms with van der Waals surface area (Å²) in [6.45, 7) is 0. The third-order valence-corrected chi connectivity index (χ3v) is 5.42. The lowest BCUT2D eigenvalue weighted by Gasteiger charge is -2.33. The molecule has 0 spiro atoms. The van der Waals surface area contributed by atoms with Crippen LogP contribution in [-0.2, 0) is 16.0 Å². The third kappa shape index (κ3) is 4.04. The van der Waals surface area contributed by atoms with Crippen LogP contribution in [0.3, 0.4) is 0 Å². The molecular weight excluding hydrogens is 343 g/mol. The molecule has 0 atom stereocenters. The minimum atomic E-state index is -1.15. The lowest BCUT2D eigenvalue weighted by atomic mass is 9.81. The second kappa shape index (κ2) is 7.31. The molecule has 0 bridgehead atoms. The molecule has 0 saturated heterocycles. The van der Waals surface area contributed by atoms with Crippen molar-refractivity contribution in [2.24, 2.45) is 0 Å². The molecule has 1 amide bonds. The van der Waals surface area contributed by atoms with Crippen molar-refractivity contribution < 1.29 is 19.1 Å². The smallest absolute Gasteiger partial charge is 0.329 e. The lowest BCUT2D eigenvalue weighted by Crippen LogP contribution is -2.56. The number of aliphatic carboxylic acids is 1. The molecule has 2 aromatic rings. The van der Waals surface area contributed by atoms with Crippen LogP contribution in [0.1, 0.15) is 37.8 Å². The summed E-state index contributed by atoms with van der Waals surface area (Å²) in [6, 6.07) is 6.00. The summed E-state index contributed by atoms with van der Waals surface area (Å²) in [5.41, 5.74) is 0.219. The van der Waals surface area contributed by atoms with Crippen LogP contribution in [0.25, 0.3) is 10.6 Å². The molecule has 1 fully saturated rings. The molecule has 25 heavy (non-hydrogen) atoms. The van der Waals surface area contributed by atoms with E-state index in [2.05, 4.69) is 10.3 Å². The van der Waals surface area contributed by atoms with Crippen molar-refractivity contribution in [2.45, 2.75) is 44.1 Å². The summed E-state index contributed by atoms with van der Waals surface area (Å²) in [5, 5.41) is 14.7. The van der Waals surface area contributed by atoms with Crippen molar-refractivity contribution in [1.82, 2.24) is 10.3 Å². The Morgan fingerprint density at radius 1 is 1.20 bits per heavy atom. The molecule has 0 unspecified atom stereocenters. The maximum Gasteiger partial charge on any atom is 0.329 e. The summed E-state index contributed by atoms with van der Waals surface area (Å²) in [7, 11) is 0. The molecule has 1 aromatic carbocycles. The summed E-state index contributed by atoms with van der Waals surface area (Å²) in [6.07, 6.45) is 3.57. The molecule has 5 nitrogen and oxygen atoms in total. The Kier molecular flexibility index (Phi) is 5.13. The van der Waals surface area contributed by atoms with Crippen molar-refractivity contribution in [3.05, 3.63) is 41.2 Å². The van der Waals surface area contributed by atoms with E-state index in [1.165, 1.54) is 23.5 Å². The number of carboxylic acids is 1. The number of carboxylic acid groups (broad SMARTS) is 1. The molecule has 1 aliphatic carbocycles. The maximum atomic E-state index is 13.0. The first-order valence-electron chi connectivity index (χ1n) is 8.23. The van der Waals surface area contributed by atoms with Crippen LogP contribution < -0.4 is 5.32 Å². The zero-order valence-electron chi connectivity index (χ0n) is 13.6. The summed E-state index contributed by atoms with van der Waals surface area (Å²) in [4.78, 5) is 28.3. The average molecular weight is 362 g/mol. The maximum absolute atomic E-state index is 13.0. The van der Waals surface area contributed by atoms with Gasteiger partial charge in [-0.05, 0) is 37.1 Å². The predicted octanol–water partition coefficient (Wildman–Crippen LogP) is 3.40. The molecule has 0 aliphatic heterocycles. The zero-order chi connectivity index (χ0) is 17.9. The Hall–Kier alpha value is -2.28. The van der Waals surface area contributed by atoms with Gasteiger partial charge in [0.05, 0.1) is 12.1 Å². The Bertz CT molecular complexity index is 767. The van der Waals surface area contributed by atoms with E-state index in [1.54, 1.807) is 17.5 Å². The van der Waals surface area contributed by atoms with E-state index in [-0.39, 0.29) is 18.1 Å². The van der Waals surface area contributed by atoms with E-state index >= 15 is 0 Å². The molecule has 1 saturated carbocycles. The van der Waals surface area contributed by atoms with Crippen LogP contribution >= 0.6 is 11.3 Å². The highest BCUT2D eigenvalue weighted by Crippen LogP contribution is 2.29. The summed E-state index contributed by atoms with van der Waals surface area (Å²) < 4.78 is 13.0. The molecule has 0 radical (unpaired) electrons. The third-order valence-electron chi connectivity index (χ3n) is 4.48. The second-order valence-electron chi connectivity index (χ2n) is 6.32. The van der Waals surface area contributed by atoms with Gasteiger partial charge in [0, 0.05) is 10.9 Å². The molecule has 2 N–H and O–H groups in total. The summed E-state index contributed by atoms with van der Waals surface area (Å²) >= 11 is 1.37.